The fourth-order valence-electron chi connectivity index (χ4n) is 2.65. The van der Waals surface area contributed by atoms with Gasteiger partial charge in [-0.05, 0) is 37.3 Å². The van der Waals surface area contributed by atoms with Gasteiger partial charge >= 0.3 is 0 Å². The van der Waals surface area contributed by atoms with E-state index in [2.05, 4.69) is 0 Å². The van der Waals surface area contributed by atoms with Gasteiger partial charge in [0.2, 0.25) is 15.9 Å². The summed E-state index contributed by atoms with van der Waals surface area (Å²) in [6.07, 6.45) is 4.60. The number of benzene rings is 1. The summed E-state index contributed by atoms with van der Waals surface area (Å²) in [5, 5.41) is 0. The van der Waals surface area contributed by atoms with E-state index in [9.17, 15) is 13.2 Å². The van der Waals surface area contributed by atoms with Crippen LogP contribution in [0.25, 0.3) is 6.08 Å². The van der Waals surface area contributed by atoms with Gasteiger partial charge in [0.1, 0.15) is 5.76 Å². The lowest BCUT2D eigenvalue weighted by Crippen LogP contribution is -2.50. The molecule has 1 aromatic heterocycles. The van der Waals surface area contributed by atoms with Gasteiger partial charge in [-0.2, -0.15) is 4.31 Å². The topological polar surface area (TPSA) is 70.8 Å². The Labute approximate surface area is 147 Å². The van der Waals surface area contributed by atoms with Gasteiger partial charge in [0.15, 0.2) is 0 Å². The fraction of sp³-hybridized carbons (Fsp3) is 0.278. The van der Waals surface area contributed by atoms with E-state index in [0.29, 0.717) is 18.8 Å². The first-order valence-corrected chi connectivity index (χ1v) is 9.48. The number of amides is 1. The largest absolute Gasteiger partial charge is 0.465 e. The quantitative estimate of drug-likeness (QED) is 0.783. The van der Waals surface area contributed by atoms with Gasteiger partial charge in [-0.15, -0.1) is 0 Å². The monoisotopic (exact) mass is 360 g/mol. The molecule has 0 aliphatic carbocycles. The number of hydrogen-bond donors (Lipinski definition) is 0. The Morgan fingerprint density at radius 1 is 1.08 bits per heavy atom. The Morgan fingerprint density at radius 3 is 2.36 bits per heavy atom. The lowest BCUT2D eigenvalue weighted by molar-refractivity contribution is -0.127. The van der Waals surface area contributed by atoms with Gasteiger partial charge in [-0.1, -0.05) is 17.7 Å². The van der Waals surface area contributed by atoms with Crippen LogP contribution in [0.15, 0.2) is 58.1 Å². The SMILES string of the molecule is Cc1ccc(S(=O)(=O)N2CCN(C(=O)/C=C/c3ccco3)CC2)cc1. The molecule has 0 saturated carbocycles. The molecule has 2 aromatic rings. The van der Waals surface area contributed by atoms with E-state index in [1.807, 2.05) is 6.92 Å². The van der Waals surface area contributed by atoms with Crippen molar-refractivity contribution in [1.29, 1.82) is 0 Å². The lowest BCUT2D eigenvalue weighted by Gasteiger charge is -2.33. The third kappa shape index (κ3) is 4.00. The summed E-state index contributed by atoms with van der Waals surface area (Å²) in [4.78, 5) is 14.1. The predicted molar refractivity (Wildman–Crippen MR) is 94.3 cm³/mol. The highest BCUT2D eigenvalue weighted by Gasteiger charge is 2.29. The molecule has 0 atom stereocenters. The van der Waals surface area contributed by atoms with E-state index in [0.717, 1.165) is 5.56 Å². The van der Waals surface area contributed by atoms with Crippen molar-refractivity contribution in [2.75, 3.05) is 26.2 Å². The summed E-state index contributed by atoms with van der Waals surface area (Å²) in [5.41, 5.74) is 1.01. The number of carbonyl (C=O) groups is 1. The molecular weight excluding hydrogens is 340 g/mol. The molecule has 1 amide bonds. The number of nitrogens with zero attached hydrogens (tertiary/aromatic N) is 2. The van der Waals surface area contributed by atoms with Crippen molar-refractivity contribution in [3.63, 3.8) is 0 Å². The highest BCUT2D eigenvalue weighted by molar-refractivity contribution is 7.89. The third-order valence-corrected chi connectivity index (χ3v) is 6.06. The Hall–Kier alpha value is -2.38. The molecule has 0 unspecified atom stereocenters. The van der Waals surface area contributed by atoms with Gasteiger partial charge in [0.25, 0.3) is 0 Å². The fourth-order valence-corrected chi connectivity index (χ4v) is 4.08. The molecule has 1 aromatic carbocycles. The van der Waals surface area contributed by atoms with Crippen LogP contribution < -0.4 is 0 Å². The van der Waals surface area contributed by atoms with Gasteiger partial charge in [0, 0.05) is 32.3 Å². The molecule has 6 nitrogen and oxygen atoms in total. The first kappa shape index (κ1) is 17.4. The number of furan rings is 1. The Kier molecular flexibility index (Phi) is 5.06. The molecule has 0 spiro atoms. The van der Waals surface area contributed by atoms with Gasteiger partial charge < -0.3 is 9.32 Å². The van der Waals surface area contributed by atoms with Crippen molar-refractivity contribution < 1.29 is 17.6 Å². The van der Waals surface area contributed by atoms with Gasteiger partial charge in [-0.3, -0.25) is 4.79 Å². The second-order valence-electron chi connectivity index (χ2n) is 5.89. The summed E-state index contributed by atoms with van der Waals surface area (Å²) in [5.74, 6) is 0.456. The summed E-state index contributed by atoms with van der Waals surface area (Å²) >= 11 is 0. The number of carbonyl (C=O) groups excluding carboxylic acids is 1. The first-order chi connectivity index (χ1) is 12.0. The number of hydrogen-bond acceptors (Lipinski definition) is 4. The zero-order valence-electron chi connectivity index (χ0n) is 14.0. The Balaban J connectivity index is 1.61. The molecule has 0 bridgehead atoms. The molecule has 1 aliphatic heterocycles. The molecule has 1 saturated heterocycles. The Morgan fingerprint density at radius 2 is 1.76 bits per heavy atom. The maximum Gasteiger partial charge on any atom is 0.246 e. The molecule has 3 rings (SSSR count). The van der Waals surface area contributed by atoms with E-state index < -0.39 is 10.0 Å². The summed E-state index contributed by atoms with van der Waals surface area (Å²) in [6, 6.07) is 10.3. The van der Waals surface area contributed by atoms with E-state index in [4.69, 9.17) is 4.42 Å². The first-order valence-electron chi connectivity index (χ1n) is 8.04. The number of rotatable bonds is 4. The molecule has 2 heterocycles. The molecule has 1 aliphatic rings. The van der Waals surface area contributed by atoms with Gasteiger partial charge in [0.05, 0.1) is 11.2 Å². The number of aryl methyl sites for hydroxylation is 1. The van der Waals surface area contributed by atoms with Crippen LogP contribution in [0.1, 0.15) is 11.3 Å². The maximum absolute atomic E-state index is 12.7. The van der Waals surface area contributed by atoms with Crippen LogP contribution >= 0.6 is 0 Å². The zero-order valence-corrected chi connectivity index (χ0v) is 14.8. The van der Waals surface area contributed by atoms with Crippen molar-refractivity contribution in [2.24, 2.45) is 0 Å². The summed E-state index contributed by atoms with van der Waals surface area (Å²) in [6.45, 7) is 3.23. The van der Waals surface area contributed by atoms with Crippen LogP contribution in [-0.2, 0) is 14.8 Å². The Bertz CT molecular complexity index is 847. The van der Waals surface area contributed by atoms with E-state index in [1.165, 1.54) is 10.4 Å². The van der Waals surface area contributed by atoms with Crippen LogP contribution in [0.3, 0.4) is 0 Å². The van der Waals surface area contributed by atoms with Crippen LogP contribution in [0.5, 0.6) is 0 Å². The lowest BCUT2D eigenvalue weighted by atomic mass is 10.2. The van der Waals surface area contributed by atoms with Crippen LogP contribution in [0, 0.1) is 6.92 Å². The molecule has 25 heavy (non-hydrogen) atoms. The molecule has 7 heteroatoms. The minimum Gasteiger partial charge on any atom is -0.465 e. The summed E-state index contributed by atoms with van der Waals surface area (Å²) < 4.78 is 31.9. The minimum atomic E-state index is -3.51. The molecule has 1 fully saturated rings. The van der Waals surface area contributed by atoms with E-state index in [-0.39, 0.29) is 23.9 Å². The zero-order chi connectivity index (χ0) is 17.9. The van der Waals surface area contributed by atoms with Crippen molar-refractivity contribution in [3.8, 4) is 0 Å². The van der Waals surface area contributed by atoms with Crippen molar-refractivity contribution in [1.82, 2.24) is 9.21 Å². The van der Waals surface area contributed by atoms with Crippen LogP contribution in [0.4, 0.5) is 0 Å². The second kappa shape index (κ2) is 7.25. The minimum absolute atomic E-state index is 0.149. The average Bonchev–Trinajstić information content (AvgIpc) is 3.14. The highest BCUT2D eigenvalue weighted by atomic mass is 32.2. The summed E-state index contributed by atoms with van der Waals surface area (Å²) in [7, 11) is -3.51. The molecule has 0 radical (unpaired) electrons. The average molecular weight is 360 g/mol. The van der Waals surface area contributed by atoms with Crippen LogP contribution in [-0.4, -0.2) is 49.7 Å². The van der Waals surface area contributed by atoms with Crippen molar-refractivity contribution >= 4 is 22.0 Å². The number of piperazine rings is 1. The maximum atomic E-state index is 12.7. The highest BCUT2D eigenvalue weighted by Crippen LogP contribution is 2.18. The molecular formula is C18H20N2O4S. The molecule has 0 N–H and O–H groups in total. The van der Waals surface area contributed by atoms with E-state index in [1.54, 1.807) is 53.6 Å². The second-order valence-corrected chi connectivity index (χ2v) is 7.83. The van der Waals surface area contributed by atoms with E-state index >= 15 is 0 Å². The van der Waals surface area contributed by atoms with Crippen molar-refractivity contribution in [2.45, 2.75) is 11.8 Å². The number of sulfonamides is 1. The van der Waals surface area contributed by atoms with Gasteiger partial charge in [-0.25, -0.2) is 8.42 Å². The predicted octanol–water partition coefficient (Wildman–Crippen LogP) is 2.13. The molecule has 132 valence electrons. The van der Waals surface area contributed by atoms with Crippen LogP contribution in [0.2, 0.25) is 0 Å². The smallest absolute Gasteiger partial charge is 0.246 e. The normalized spacial score (nSPS) is 16.4. The van der Waals surface area contributed by atoms with Crippen molar-refractivity contribution in [3.05, 3.63) is 60.1 Å². The standard InChI is InChI=1S/C18H20N2O4S/c1-15-4-7-17(8-5-15)25(22,23)20-12-10-19(11-13-20)18(21)9-6-16-3-2-14-24-16/h2-9,14H,10-13H2,1H3/b9-6+. The third-order valence-electron chi connectivity index (χ3n) is 4.14.